The fourth-order valence-electron chi connectivity index (χ4n) is 3.04. The van der Waals surface area contributed by atoms with E-state index in [4.69, 9.17) is 11.6 Å². The van der Waals surface area contributed by atoms with Gasteiger partial charge in [0.15, 0.2) is 0 Å². The number of piperidine rings is 1. The lowest BCUT2D eigenvalue weighted by Gasteiger charge is -2.32. The Hall–Kier alpha value is -2.00. The molecule has 1 amide bonds. The van der Waals surface area contributed by atoms with E-state index in [-0.39, 0.29) is 12.3 Å². The first kappa shape index (κ1) is 16.8. The lowest BCUT2D eigenvalue weighted by Crippen LogP contribution is -2.32. The predicted molar refractivity (Wildman–Crippen MR) is 101 cm³/mol. The molecule has 0 aromatic heterocycles. The van der Waals surface area contributed by atoms with Gasteiger partial charge in [-0.3, -0.25) is 4.79 Å². The summed E-state index contributed by atoms with van der Waals surface area (Å²) in [7, 11) is 0. The first-order chi connectivity index (χ1) is 11.6. The van der Waals surface area contributed by atoms with Crippen molar-refractivity contribution < 1.29 is 4.79 Å². The topological polar surface area (TPSA) is 32.3 Å². The van der Waals surface area contributed by atoms with Gasteiger partial charge >= 0.3 is 0 Å². The van der Waals surface area contributed by atoms with E-state index in [1.807, 2.05) is 30.3 Å². The molecule has 1 N–H and O–H groups in total. The Morgan fingerprint density at radius 2 is 1.79 bits per heavy atom. The molecule has 2 aromatic carbocycles. The van der Waals surface area contributed by atoms with Gasteiger partial charge in [0.05, 0.1) is 6.42 Å². The van der Waals surface area contributed by atoms with Crippen LogP contribution in [0, 0.1) is 5.92 Å². The number of carbonyl (C=O) groups is 1. The van der Waals surface area contributed by atoms with Crippen LogP contribution < -0.4 is 10.2 Å². The van der Waals surface area contributed by atoms with Gasteiger partial charge in [-0.15, -0.1) is 0 Å². The first-order valence-electron chi connectivity index (χ1n) is 8.50. The number of carbonyl (C=O) groups excluding carboxylic acids is 1. The van der Waals surface area contributed by atoms with E-state index in [2.05, 4.69) is 29.3 Å². The second-order valence-electron chi connectivity index (χ2n) is 6.53. The lowest BCUT2D eigenvalue weighted by atomic mass is 9.99. The Bertz CT molecular complexity index is 691. The van der Waals surface area contributed by atoms with E-state index in [9.17, 15) is 4.79 Å². The quantitative estimate of drug-likeness (QED) is 0.869. The number of nitrogens with zero attached hydrogens (tertiary/aromatic N) is 1. The van der Waals surface area contributed by atoms with Crippen molar-refractivity contribution in [1.29, 1.82) is 0 Å². The zero-order chi connectivity index (χ0) is 16.9. The van der Waals surface area contributed by atoms with Crippen LogP contribution in [0.1, 0.15) is 25.3 Å². The minimum Gasteiger partial charge on any atom is -0.372 e. The third-order valence-corrected chi connectivity index (χ3v) is 4.98. The van der Waals surface area contributed by atoms with Gasteiger partial charge in [-0.1, -0.05) is 36.7 Å². The van der Waals surface area contributed by atoms with Crippen LogP contribution in [-0.4, -0.2) is 19.0 Å². The van der Waals surface area contributed by atoms with Gasteiger partial charge in [0.1, 0.15) is 0 Å². The molecule has 1 aliphatic heterocycles. The van der Waals surface area contributed by atoms with Crippen molar-refractivity contribution in [2.75, 3.05) is 23.3 Å². The van der Waals surface area contributed by atoms with Gasteiger partial charge in [-0.25, -0.2) is 0 Å². The van der Waals surface area contributed by atoms with Crippen molar-refractivity contribution in [3.8, 4) is 0 Å². The van der Waals surface area contributed by atoms with Crippen molar-refractivity contribution in [2.45, 2.75) is 26.2 Å². The Kier molecular flexibility index (Phi) is 5.41. The summed E-state index contributed by atoms with van der Waals surface area (Å²) in [5, 5.41) is 3.57. The van der Waals surface area contributed by atoms with Gasteiger partial charge in [-0.2, -0.15) is 0 Å². The van der Waals surface area contributed by atoms with E-state index in [1.165, 1.54) is 18.5 Å². The van der Waals surface area contributed by atoms with E-state index < -0.39 is 0 Å². The number of hydrogen-bond acceptors (Lipinski definition) is 2. The maximum atomic E-state index is 12.2. The molecule has 3 rings (SSSR count). The Morgan fingerprint density at radius 3 is 2.46 bits per heavy atom. The maximum Gasteiger partial charge on any atom is 0.228 e. The largest absolute Gasteiger partial charge is 0.372 e. The third-order valence-electron chi connectivity index (χ3n) is 4.61. The first-order valence-corrected chi connectivity index (χ1v) is 8.88. The molecule has 0 saturated carbocycles. The Balaban J connectivity index is 1.58. The average molecular weight is 343 g/mol. The van der Waals surface area contributed by atoms with Crippen LogP contribution in [0.4, 0.5) is 11.4 Å². The van der Waals surface area contributed by atoms with E-state index in [0.717, 1.165) is 30.3 Å². The summed E-state index contributed by atoms with van der Waals surface area (Å²) < 4.78 is 0. The Labute approximate surface area is 148 Å². The van der Waals surface area contributed by atoms with Crippen LogP contribution in [0.5, 0.6) is 0 Å². The number of halogens is 1. The lowest BCUT2D eigenvalue weighted by molar-refractivity contribution is -0.115. The van der Waals surface area contributed by atoms with Crippen LogP contribution >= 0.6 is 11.6 Å². The molecule has 0 radical (unpaired) electrons. The fourth-order valence-corrected chi connectivity index (χ4v) is 3.24. The van der Waals surface area contributed by atoms with Crippen molar-refractivity contribution >= 4 is 28.9 Å². The summed E-state index contributed by atoms with van der Waals surface area (Å²) in [6, 6.07) is 15.5. The highest BCUT2D eigenvalue weighted by molar-refractivity contribution is 6.31. The molecular weight excluding hydrogens is 320 g/mol. The molecule has 0 unspecified atom stereocenters. The van der Waals surface area contributed by atoms with Gasteiger partial charge in [0, 0.05) is 29.5 Å². The van der Waals surface area contributed by atoms with E-state index >= 15 is 0 Å². The van der Waals surface area contributed by atoms with Crippen molar-refractivity contribution in [3.63, 3.8) is 0 Å². The number of rotatable bonds is 4. The number of amides is 1. The average Bonchev–Trinajstić information content (AvgIpc) is 2.58. The molecule has 0 atom stereocenters. The minimum absolute atomic E-state index is 0.0531. The SMILES string of the molecule is CC1CCN(c2ccc(NC(=O)Cc3ccccc3Cl)cc2)CC1. The van der Waals surface area contributed by atoms with Crippen LogP contribution in [0.3, 0.4) is 0 Å². The number of benzene rings is 2. The maximum absolute atomic E-state index is 12.2. The van der Waals surface area contributed by atoms with Gasteiger partial charge in [0.25, 0.3) is 0 Å². The summed E-state index contributed by atoms with van der Waals surface area (Å²) in [4.78, 5) is 14.6. The highest BCUT2D eigenvalue weighted by atomic mass is 35.5. The number of nitrogens with one attached hydrogen (secondary N) is 1. The minimum atomic E-state index is -0.0531. The molecule has 0 spiro atoms. The standard InChI is InChI=1S/C20H23ClN2O/c1-15-10-12-23(13-11-15)18-8-6-17(7-9-18)22-20(24)14-16-4-2-3-5-19(16)21/h2-9,15H,10-14H2,1H3,(H,22,24). The molecule has 3 nitrogen and oxygen atoms in total. The zero-order valence-electron chi connectivity index (χ0n) is 14.0. The summed E-state index contributed by atoms with van der Waals surface area (Å²) in [5.41, 5.74) is 2.89. The molecule has 0 aliphatic carbocycles. The number of anilines is 2. The molecule has 126 valence electrons. The Morgan fingerprint density at radius 1 is 1.12 bits per heavy atom. The van der Waals surface area contributed by atoms with Crippen LogP contribution in [0.2, 0.25) is 5.02 Å². The smallest absolute Gasteiger partial charge is 0.228 e. The molecule has 0 bridgehead atoms. The monoisotopic (exact) mass is 342 g/mol. The van der Waals surface area contributed by atoms with Crippen molar-refractivity contribution in [3.05, 3.63) is 59.1 Å². The summed E-state index contributed by atoms with van der Waals surface area (Å²) in [6.07, 6.45) is 2.78. The van der Waals surface area contributed by atoms with Gasteiger partial charge in [0.2, 0.25) is 5.91 Å². The highest BCUT2D eigenvalue weighted by Gasteiger charge is 2.16. The second-order valence-corrected chi connectivity index (χ2v) is 6.94. The number of hydrogen-bond donors (Lipinski definition) is 1. The van der Waals surface area contributed by atoms with Crippen LogP contribution in [0.25, 0.3) is 0 Å². The molecule has 1 fully saturated rings. The normalized spacial score (nSPS) is 15.3. The van der Waals surface area contributed by atoms with Crippen LogP contribution in [0.15, 0.2) is 48.5 Å². The summed E-state index contributed by atoms with van der Waals surface area (Å²) in [6.45, 7) is 4.54. The molecule has 1 saturated heterocycles. The molecule has 4 heteroatoms. The third kappa shape index (κ3) is 4.30. The fraction of sp³-hybridized carbons (Fsp3) is 0.350. The summed E-state index contributed by atoms with van der Waals surface area (Å²) in [5.74, 6) is 0.771. The second kappa shape index (κ2) is 7.71. The molecule has 2 aromatic rings. The highest BCUT2D eigenvalue weighted by Crippen LogP contribution is 2.24. The molecular formula is C20H23ClN2O. The van der Waals surface area contributed by atoms with E-state index in [1.54, 1.807) is 6.07 Å². The van der Waals surface area contributed by atoms with Gasteiger partial charge in [-0.05, 0) is 54.7 Å². The molecule has 24 heavy (non-hydrogen) atoms. The zero-order valence-corrected chi connectivity index (χ0v) is 14.7. The van der Waals surface area contributed by atoms with Crippen LogP contribution in [-0.2, 0) is 11.2 Å². The molecule has 1 heterocycles. The molecule has 1 aliphatic rings. The van der Waals surface area contributed by atoms with Crippen molar-refractivity contribution in [2.24, 2.45) is 5.92 Å². The summed E-state index contributed by atoms with van der Waals surface area (Å²) >= 11 is 6.10. The van der Waals surface area contributed by atoms with E-state index in [0.29, 0.717) is 5.02 Å². The van der Waals surface area contributed by atoms with Crippen molar-refractivity contribution in [1.82, 2.24) is 0 Å². The predicted octanol–water partition coefficient (Wildman–Crippen LogP) is 4.76. The van der Waals surface area contributed by atoms with Gasteiger partial charge < -0.3 is 10.2 Å².